The maximum absolute atomic E-state index is 12.4. The van der Waals surface area contributed by atoms with E-state index in [1.165, 1.54) is 0 Å². The van der Waals surface area contributed by atoms with Crippen molar-refractivity contribution in [3.8, 4) is 0 Å². The molecule has 0 bridgehead atoms. The molecule has 0 radical (unpaired) electrons. The average molecular weight is 267 g/mol. The Labute approximate surface area is 118 Å². The number of rotatable bonds is 3. The molecule has 102 valence electrons. The van der Waals surface area contributed by atoms with Crippen LogP contribution in [-0.4, -0.2) is 22.0 Å². The summed E-state index contributed by atoms with van der Waals surface area (Å²) in [6, 6.07) is 16.8. The SMILES string of the molecule is CC(C(O)c1ccccc1)N1Cc2ccccc2C1=O. The van der Waals surface area contributed by atoms with Gasteiger partial charge in [0, 0.05) is 12.1 Å². The lowest BCUT2D eigenvalue weighted by atomic mass is 10.0. The van der Waals surface area contributed by atoms with E-state index >= 15 is 0 Å². The van der Waals surface area contributed by atoms with Crippen molar-refractivity contribution in [3.63, 3.8) is 0 Å². The van der Waals surface area contributed by atoms with E-state index < -0.39 is 6.10 Å². The van der Waals surface area contributed by atoms with Gasteiger partial charge in [-0.3, -0.25) is 4.79 Å². The number of benzene rings is 2. The molecule has 0 spiro atoms. The van der Waals surface area contributed by atoms with E-state index in [-0.39, 0.29) is 11.9 Å². The van der Waals surface area contributed by atoms with Crippen molar-refractivity contribution in [3.05, 3.63) is 71.3 Å². The number of fused-ring (bicyclic) bond motifs is 1. The molecule has 1 heterocycles. The van der Waals surface area contributed by atoms with Crippen LogP contribution >= 0.6 is 0 Å². The van der Waals surface area contributed by atoms with Gasteiger partial charge in [-0.1, -0.05) is 48.5 Å². The smallest absolute Gasteiger partial charge is 0.254 e. The summed E-state index contributed by atoms with van der Waals surface area (Å²) in [5, 5.41) is 10.5. The molecule has 1 N–H and O–H groups in total. The predicted octanol–water partition coefficient (Wildman–Crippen LogP) is 2.76. The lowest BCUT2D eigenvalue weighted by Gasteiger charge is -2.28. The molecule has 0 aromatic heterocycles. The summed E-state index contributed by atoms with van der Waals surface area (Å²) in [5.74, 6) is 0.00285. The Morgan fingerprint density at radius 2 is 1.70 bits per heavy atom. The van der Waals surface area contributed by atoms with E-state index in [0.29, 0.717) is 6.54 Å². The molecule has 2 atom stereocenters. The second kappa shape index (κ2) is 5.10. The first kappa shape index (κ1) is 12.9. The normalized spacial score (nSPS) is 16.9. The van der Waals surface area contributed by atoms with Gasteiger partial charge in [-0.05, 0) is 24.1 Å². The van der Waals surface area contributed by atoms with Gasteiger partial charge >= 0.3 is 0 Å². The Hall–Kier alpha value is -2.13. The highest BCUT2D eigenvalue weighted by atomic mass is 16.3. The van der Waals surface area contributed by atoms with Crippen molar-refractivity contribution in [2.24, 2.45) is 0 Å². The van der Waals surface area contributed by atoms with Gasteiger partial charge in [0.1, 0.15) is 0 Å². The summed E-state index contributed by atoms with van der Waals surface area (Å²) >= 11 is 0. The van der Waals surface area contributed by atoms with Crippen molar-refractivity contribution in [2.75, 3.05) is 0 Å². The molecule has 2 aromatic rings. The van der Waals surface area contributed by atoms with Crippen molar-refractivity contribution in [1.82, 2.24) is 4.90 Å². The molecule has 2 unspecified atom stereocenters. The highest BCUT2D eigenvalue weighted by Gasteiger charge is 2.33. The van der Waals surface area contributed by atoms with Gasteiger partial charge in [0.25, 0.3) is 5.91 Å². The lowest BCUT2D eigenvalue weighted by molar-refractivity contribution is 0.0422. The summed E-state index contributed by atoms with van der Waals surface area (Å²) < 4.78 is 0. The average Bonchev–Trinajstić information content (AvgIpc) is 2.84. The number of hydrogen-bond acceptors (Lipinski definition) is 2. The number of carbonyl (C=O) groups is 1. The number of hydrogen-bond donors (Lipinski definition) is 1. The van der Waals surface area contributed by atoms with Crippen LogP contribution in [0.25, 0.3) is 0 Å². The molecule has 1 aliphatic heterocycles. The van der Waals surface area contributed by atoms with E-state index in [1.54, 1.807) is 4.90 Å². The molecule has 3 heteroatoms. The van der Waals surface area contributed by atoms with Crippen LogP contribution in [0.5, 0.6) is 0 Å². The van der Waals surface area contributed by atoms with E-state index in [2.05, 4.69) is 0 Å². The third-order valence-corrected chi connectivity index (χ3v) is 3.94. The topological polar surface area (TPSA) is 40.5 Å². The lowest BCUT2D eigenvalue weighted by Crippen LogP contribution is -2.37. The van der Waals surface area contributed by atoms with Crippen LogP contribution in [0.4, 0.5) is 0 Å². The molecule has 3 rings (SSSR count). The first-order chi connectivity index (χ1) is 9.68. The minimum absolute atomic E-state index is 0.00285. The minimum atomic E-state index is -0.672. The van der Waals surface area contributed by atoms with E-state index in [4.69, 9.17) is 0 Å². The Morgan fingerprint density at radius 1 is 1.05 bits per heavy atom. The largest absolute Gasteiger partial charge is 0.386 e. The van der Waals surface area contributed by atoms with Gasteiger partial charge in [0.2, 0.25) is 0 Å². The second-order valence-electron chi connectivity index (χ2n) is 5.19. The van der Waals surface area contributed by atoms with Crippen LogP contribution < -0.4 is 0 Å². The molecule has 20 heavy (non-hydrogen) atoms. The summed E-state index contributed by atoms with van der Waals surface area (Å²) in [5.41, 5.74) is 2.62. The molecule has 2 aromatic carbocycles. The number of carbonyl (C=O) groups excluding carboxylic acids is 1. The molecule has 0 saturated carbocycles. The standard InChI is InChI=1S/C17H17NO2/c1-12(16(19)13-7-3-2-4-8-13)18-11-14-9-5-6-10-15(14)17(18)20/h2-10,12,16,19H,11H2,1H3. The highest BCUT2D eigenvalue weighted by molar-refractivity contribution is 5.98. The third-order valence-electron chi connectivity index (χ3n) is 3.94. The van der Waals surface area contributed by atoms with Crippen LogP contribution in [0, 0.1) is 0 Å². The minimum Gasteiger partial charge on any atom is -0.386 e. The van der Waals surface area contributed by atoms with E-state index in [0.717, 1.165) is 16.7 Å². The second-order valence-corrected chi connectivity index (χ2v) is 5.19. The fourth-order valence-electron chi connectivity index (χ4n) is 2.70. The third kappa shape index (κ3) is 2.10. The van der Waals surface area contributed by atoms with E-state index in [9.17, 15) is 9.90 Å². The summed E-state index contributed by atoms with van der Waals surface area (Å²) in [7, 11) is 0. The Balaban J connectivity index is 1.83. The summed E-state index contributed by atoms with van der Waals surface area (Å²) in [6.07, 6.45) is -0.672. The van der Waals surface area contributed by atoms with Crippen LogP contribution in [0.15, 0.2) is 54.6 Å². The van der Waals surface area contributed by atoms with Gasteiger partial charge in [0.05, 0.1) is 12.1 Å². The van der Waals surface area contributed by atoms with Crippen molar-refractivity contribution in [2.45, 2.75) is 25.6 Å². The Bertz CT molecular complexity index is 624. The molecule has 1 aliphatic rings. The Kier molecular flexibility index (Phi) is 3.28. The van der Waals surface area contributed by atoms with Crippen molar-refractivity contribution < 1.29 is 9.90 Å². The maximum Gasteiger partial charge on any atom is 0.254 e. The monoisotopic (exact) mass is 267 g/mol. The van der Waals surface area contributed by atoms with Crippen LogP contribution in [0.3, 0.4) is 0 Å². The quantitative estimate of drug-likeness (QED) is 0.929. The predicted molar refractivity (Wildman–Crippen MR) is 77.2 cm³/mol. The van der Waals surface area contributed by atoms with Crippen LogP contribution in [0.2, 0.25) is 0 Å². The summed E-state index contributed by atoms with van der Waals surface area (Å²) in [6.45, 7) is 2.46. The molecular weight excluding hydrogens is 250 g/mol. The maximum atomic E-state index is 12.4. The van der Waals surface area contributed by atoms with Gasteiger partial charge in [0.15, 0.2) is 0 Å². The van der Waals surface area contributed by atoms with Gasteiger partial charge in [-0.25, -0.2) is 0 Å². The number of nitrogens with zero attached hydrogens (tertiary/aromatic N) is 1. The number of aliphatic hydroxyl groups is 1. The highest BCUT2D eigenvalue weighted by Crippen LogP contribution is 2.29. The van der Waals surface area contributed by atoms with Gasteiger partial charge in [-0.2, -0.15) is 0 Å². The van der Waals surface area contributed by atoms with Crippen molar-refractivity contribution in [1.29, 1.82) is 0 Å². The van der Waals surface area contributed by atoms with Crippen LogP contribution in [-0.2, 0) is 6.54 Å². The molecular formula is C17H17NO2. The first-order valence-corrected chi connectivity index (χ1v) is 6.80. The zero-order chi connectivity index (χ0) is 14.1. The van der Waals surface area contributed by atoms with E-state index in [1.807, 2.05) is 61.5 Å². The number of amides is 1. The summed E-state index contributed by atoms with van der Waals surface area (Å²) in [4.78, 5) is 14.1. The van der Waals surface area contributed by atoms with Crippen molar-refractivity contribution >= 4 is 5.91 Å². The fourth-order valence-corrected chi connectivity index (χ4v) is 2.70. The Morgan fingerprint density at radius 3 is 2.40 bits per heavy atom. The van der Waals surface area contributed by atoms with Crippen LogP contribution in [0.1, 0.15) is 34.5 Å². The molecule has 0 fully saturated rings. The molecule has 0 aliphatic carbocycles. The fraction of sp³-hybridized carbons (Fsp3) is 0.235. The van der Waals surface area contributed by atoms with Gasteiger partial charge in [-0.15, -0.1) is 0 Å². The first-order valence-electron chi connectivity index (χ1n) is 6.80. The molecule has 0 saturated heterocycles. The van der Waals surface area contributed by atoms with Gasteiger partial charge < -0.3 is 10.0 Å². The molecule has 3 nitrogen and oxygen atoms in total. The zero-order valence-corrected chi connectivity index (χ0v) is 11.4. The zero-order valence-electron chi connectivity index (χ0n) is 11.4. The molecule has 1 amide bonds. The number of aliphatic hydroxyl groups excluding tert-OH is 1.